The Hall–Kier alpha value is -1.37. The molecule has 1 nitrogen and oxygen atoms in total. The average Bonchev–Trinajstić information content (AvgIpc) is 2.48. The first-order valence-corrected chi connectivity index (χ1v) is 6.06. The summed E-state index contributed by atoms with van der Waals surface area (Å²) in [7, 11) is 0. The summed E-state index contributed by atoms with van der Waals surface area (Å²) in [4.78, 5) is 11.8. The van der Waals surface area contributed by atoms with Crippen molar-refractivity contribution in [2.45, 2.75) is 39.0 Å². The van der Waals surface area contributed by atoms with Crippen LogP contribution in [-0.2, 0) is 4.79 Å². The number of hydrogen-bond acceptors (Lipinski definition) is 1. The highest BCUT2D eigenvalue weighted by molar-refractivity contribution is 5.99. The van der Waals surface area contributed by atoms with Gasteiger partial charge in [0.05, 0.1) is 0 Å². The van der Waals surface area contributed by atoms with E-state index in [1.54, 1.807) is 0 Å². The van der Waals surface area contributed by atoms with Crippen LogP contribution in [0.25, 0.3) is 6.08 Å². The van der Waals surface area contributed by atoms with Crippen LogP contribution in [0, 0.1) is 6.92 Å². The largest absolute Gasteiger partial charge is 0.295 e. The van der Waals surface area contributed by atoms with E-state index in [0.29, 0.717) is 5.78 Å². The highest BCUT2D eigenvalue weighted by atomic mass is 16.1. The molecule has 1 fully saturated rings. The molecule has 0 radical (unpaired) electrons. The van der Waals surface area contributed by atoms with Crippen molar-refractivity contribution in [3.63, 3.8) is 0 Å². The van der Waals surface area contributed by atoms with Crippen molar-refractivity contribution >= 4 is 11.9 Å². The Labute approximate surface area is 97.2 Å². The number of carbonyl (C=O) groups is 1. The highest BCUT2D eigenvalue weighted by Gasteiger charge is 2.12. The number of Topliss-reactive ketones (excluding diaryl/α,β-unsaturated/α-hetero) is 1. The van der Waals surface area contributed by atoms with Gasteiger partial charge in [0, 0.05) is 6.42 Å². The van der Waals surface area contributed by atoms with Gasteiger partial charge >= 0.3 is 0 Å². The topological polar surface area (TPSA) is 17.1 Å². The second kappa shape index (κ2) is 5.11. The standard InChI is InChI=1S/C15H18O/c1-12-7-9-13(10-8-12)11-14-5-3-2-4-6-15(14)16/h7-11H,2-6H2,1H3/b14-11+. The number of carbonyl (C=O) groups excluding carboxylic acids is 1. The quantitative estimate of drug-likeness (QED) is 0.511. The predicted octanol–water partition coefficient (Wildman–Crippen LogP) is 3.91. The molecule has 0 aliphatic heterocycles. The third-order valence-electron chi connectivity index (χ3n) is 3.13. The Morgan fingerprint density at radius 2 is 1.69 bits per heavy atom. The number of rotatable bonds is 1. The lowest BCUT2D eigenvalue weighted by Gasteiger charge is -2.02. The van der Waals surface area contributed by atoms with Crippen molar-refractivity contribution < 1.29 is 4.79 Å². The summed E-state index contributed by atoms with van der Waals surface area (Å²) in [5.41, 5.74) is 3.42. The van der Waals surface area contributed by atoms with Crippen molar-refractivity contribution in [1.82, 2.24) is 0 Å². The molecule has 2 rings (SSSR count). The molecule has 0 aromatic heterocycles. The smallest absolute Gasteiger partial charge is 0.158 e. The van der Waals surface area contributed by atoms with Gasteiger partial charge in [-0.25, -0.2) is 0 Å². The fourth-order valence-corrected chi connectivity index (χ4v) is 2.09. The minimum Gasteiger partial charge on any atom is -0.295 e. The van der Waals surface area contributed by atoms with Crippen LogP contribution in [0.3, 0.4) is 0 Å². The average molecular weight is 214 g/mol. The van der Waals surface area contributed by atoms with Crippen molar-refractivity contribution in [1.29, 1.82) is 0 Å². The fourth-order valence-electron chi connectivity index (χ4n) is 2.09. The lowest BCUT2D eigenvalue weighted by molar-refractivity contribution is -0.115. The molecule has 0 atom stereocenters. The first-order valence-electron chi connectivity index (χ1n) is 6.06. The molecule has 0 saturated heterocycles. The molecule has 0 N–H and O–H groups in total. The van der Waals surface area contributed by atoms with Gasteiger partial charge in [0.15, 0.2) is 5.78 Å². The van der Waals surface area contributed by atoms with E-state index in [4.69, 9.17) is 0 Å². The number of benzene rings is 1. The van der Waals surface area contributed by atoms with Crippen LogP contribution in [0.1, 0.15) is 43.2 Å². The van der Waals surface area contributed by atoms with Crippen LogP contribution in [0.15, 0.2) is 29.8 Å². The van der Waals surface area contributed by atoms with Crippen LogP contribution in [0.2, 0.25) is 0 Å². The first-order chi connectivity index (χ1) is 7.75. The molecule has 0 spiro atoms. The maximum atomic E-state index is 11.8. The molecule has 1 aliphatic rings. The number of allylic oxidation sites excluding steroid dienone is 1. The third-order valence-corrected chi connectivity index (χ3v) is 3.13. The van der Waals surface area contributed by atoms with Crippen LogP contribution in [0.4, 0.5) is 0 Å². The fraction of sp³-hybridized carbons (Fsp3) is 0.400. The van der Waals surface area contributed by atoms with Crippen LogP contribution >= 0.6 is 0 Å². The number of ketones is 1. The molecule has 84 valence electrons. The second-order valence-electron chi connectivity index (χ2n) is 4.56. The number of hydrogen-bond donors (Lipinski definition) is 0. The van der Waals surface area contributed by atoms with Gasteiger partial charge < -0.3 is 0 Å². The van der Waals surface area contributed by atoms with Crippen molar-refractivity contribution in [2.75, 3.05) is 0 Å². The SMILES string of the molecule is Cc1ccc(/C=C2\CCCCCC2=O)cc1. The van der Waals surface area contributed by atoms with E-state index in [1.165, 1.54) is 12.0 Å². The van der Waals surface area contributed by atoms with Crippen molar-refractivity contribution in [3.05, 3.63) is 41.0 Å². The molecular weight excluding hydrogens is 196 g/mol. The summed E-state index contributed by atoms with van der Waals surface area (Å²) in [5.74, 6) is 0.345. The molecule has 1 aromatic rings. The lowest BCUT2D eigenvalue weighted by atomic mass is 10.0. The summed E-state index contributed by atoms with van der Waals surface area (Å²) < 4.78 is 0. The van der Waals surface area contributed by atoms with Crippen LogP contribution < -0.4 is 0 Å². The van der Waals surface area contributed by atoms with E-state index in [-0.39, 0.29) is 0 Å². The Kier molecular flexibility index (Phi) is 3.55. The molecule has 1 aliphatic carbocycles. The normalized spacial score (nSPS) is 19.8. The summed E-state index contributed by atoms with van der Waals surface area (Å²) in [6.45, 7) is 2.08. The van der Waals surface area contributed by atoms with E-state index in [9.17, 15) is 4.79 Å². The molecule has 1 heteroatoms. The summed E-state index contributed by atoms with van der Waals surface area (Å²) >= 11 is 0. The minimum atomic E-state index is 0.345. The van der Waals surface area contributed by atoms with E-state index < -0.39 is 0 Å². The Bertz CT molecular complexity index is 398. The van der Waals surface area contributed by atoms with Gasteiger partial charge in [-0.3, -0.25) is 4.79 Å². The van der Waals surface area contributed by atoms with Crippen molar-refractivity contribution in [3.8, 4) is 0 Å². The Morgan fingerprint density at radius 1 is 1.00 bits per heavy atom. The first kappa shape index (κ1) is 11.1. The monoisotopic (exact) mass is 214 g/mol. The molecule has 1 saturated carbocycles. The molecule has 0 amide bonds. The summed E-state index contributed by atoms with van der Waals surface area (Å²) in [5, 5.41) is 0. The molecule has 0 unspecified atom stereocenters. The molecular formula is C15H18O. The van der Waals surface area contributed by atoms with Gasteiger partial charge in [-0.2, -0.15) is 0 Å². The zero-order chi connectivity index (χ0) is 11.4. The maximum absolute atomic E-state index is 11.8. The van der Waals surface area contributed by atoms with E-state index >= 15 is 0 Å². The van der Waals surface area contributed by atoms with Crippen LogP contribution in [-0.4, -0.2) is 5.78 Å². The second-order valence-corrected chi connectivity index (χ2v) is 4.56. The van der Waals surface area contributed by atoms with Gasteiger partial charge in [-0.05, 0) is 43.4 Å². The zero-order valence-corrected chi connectivity index (χ0v) is 9.83. The van der Waals surface area contributed by atoms with Gasteiger partial charge in [0.1, 0.15) is 0 Å². The lowest BCUT2D eigenvalue weighted by Crippen LogP contribution is -1.99. The van der Waals surface area contributed by atoms with Gasteiger partial charge in [0.25, 0.3) is 0 Å². The number of aryl methyl sites for hydroxylation is 1. The Balaban J connectivity index is 2.21. The van der Waals surface area contributed by atoms with E-state index in [0.717, 1.165) is 36.8 Å². The van der Waals surface area contributed by atoms with E-state index in [1.807, 2.05) is 0 Å². The zero-order valence-electron chi connectivity index (χ0n) is 9.83. The van der Waals surface area contributed by atoms with Gasteiger partial charge in [0.2, 0.25) is 0 Å². The molecule has 0 heterocycles. The van der Waals surface area contributed by atoms with Gasteiger partial charge in [-0.1, -0.05) is 36.2 Å². The Morgan fingerprint density at radius 3 is 2.44 bits per heavy atom. The predicted molar refractivity (Wildman–Crippen MR) is 67.2 cm³/mol. The van der Waals surface area contributed by atoms with Gasteiger partial charge in [-0.15, -0.1) is 0 Å². The van der Waals surface area contributed by atoms with E-state index in [2.05, 4.69) is 37.3 Å². The summed E-state index contributed by atoms with van der Waals surface area (Å²) in [6, 6.07) is 8.35. The molecule has 0 bridgehead atoms. The van der Waals surface area contributed by atoms with Crippen molar-refractivity contribution in [2.24, 2.45) is 0 Å². The molecule has 16 heavy (non-hydrogen) atoms. The van der Waals surface area contributed by atoms with Crippen LogP contribution in [0.5, 0.6) is 0 Å². The third kappa shape index (κ3) is 2.82. The minimum absolute atomic E-state index is 0.345. The highest BCUT2D eigenvalue weighted by Crippen LogP contribution is 2.21. The molecule has 1 aromatic carbocycles. The summed E-state index contributed by atoms with van der Waals surface area (Å²) in [6.07, 6.45) is 7.15. The maximum Gasteiger partial charge on any atom is 0.158 e.